The van der Waals surface area contributed by atoms with Crippen LogP contribution in [0.1, 0.15) is 61.6 Å². The summed E-state index contributed by atoms with van der Waals surface area (Å²) >= 11 is 0. The molecule has 2 aromatic carbocycles. The first kappa shape index (κ1) is 23.5. The van der Waals surface area contributed by atoms with E-state index < -0.39 is 24.6 Å². The topological polar surface area (TPSA) is 18.5 Å². The Morgan fingerprint density at radius 3 is 1.94 bits per heavy atom. The molecule has 1 saturated carbocycles. The van der Waals surface area contributed by atoms with Gasteiger partial charge >= 0.3 is 12.5 Å². The van der Waals surface area contributed by atoms with Crippen LogP contribution in [-0.2, 0) is 17.8 Å². The van der Waals surface area contributed by atoms with Gasteiger partial charge in [0.05, 0.1) is 13.0 Å². The van der Waals surface area contributed by atoms with Crippen molar-refractivity contribution in [3.8, 4) is 5.75 Å². The number of hydrogen-bond donors (Lipinski definition) is 0. The van der Waals surface area contributed by atoms with Crippen LogP contribution in [0.4, 0.5) is 22.0 Å². The fourth-order valence-corrected chi connectivity index (χ4v) is 4.08. The molecule has 3 rings (SSSR count). The first-order valence-electron chi connectivity index (χ1n) is 10.6. The Morgan fingerprint density at radius 1 is 0.806 bits per heavy atom. The first-order valence-corrected chi connectivity index (χ1v) is 10.6. The van der Waals surface area contributed by atoms with E-state index in [2.05, 4.69) is 11.7 Å². The Bertz CT molecular complexity index is 807. The normalized spacial score (nSPS) is 19.9. The lowest BCUT2D eigenvalue weighted by Gasteiger charge is -2.28. The van der Waals surface area contributed by atoms with Gasteiger partial charge in [-0.2, -0.15) is 8.78 Å². The second-order valence-electron chi connectivity index (χ2n) is 8.16. The third kappa shape index (κ3) is 7.49. The fourth-order valence-electron chi connectivity index (χ4n) is 4.08. The summed E-state index contributed by atoms with van der Waals surface area (Å²) in [5, 5.41) is 0. The average molecular weight is 442 g/mol. The van der Waals surface area contributed by atoms with E-state index in [4.69, 9.17) is 4.74 Å². The zero-order chi connectivity index (χ0) is 22.5. The molecule has 0 radical (unpaired) electrons. The van der Waals surface area contributed by atoms with Crippen molar-refractivity contribution in [2.24, 2.45) is 5.92 Å². The van der Waals surface area contributed by atoms with Gasteiger partial charge in [0.25, 0.3) is 0 Å². The molecule has 0 aromatic heterocycles. The molecule has 1 fully saturated rings. The molecule has 0 heterocycles. The molecule has 0 unspecified atom stereocenters. The van der Waals surface area contributed by atoms with Gasteiger partial charge in [0.2, 0.25) is 0 Å². The maximum atomic E-state index is 14.2. The molecule has 2 nitrogen and oxygen atoms in total. The monoisotopic (exact) mass is 442 g/mol. The maximum absolute atomic E-state index is 14.2. The van der Waals surface area contributed by atoms with E-state index >= 15 is 0 Å². The van der Waals surface area contributed by atoms with Crippen LogP contribution in [0.2, 0.25) is 0 Å². The summed E-state index contributed by atoms with van der Waals surface area (Å²) in [6, 6.07) is 12.0. The molecule has 0 N–H and O–H groups in total. The van der Waals surface area contributed by atoms with Crippen molar-refractivity contribution in [2.75, 3.05) is 0 Å². The quantitative estimate of drug-likeness (QED) is 0.392. The highest BCUT2D eigenvalue weighted by Gasteiger charge is 2.32. The lowest BCUT2D eigenvalue weighted by Crippen LogP contribution is -2.24. The highest BCUT2D eigenvalue weighted by molar-refractivity contribution is 5.28. The van der Waals surface area contributed by atoms with Gasteiger partial charge < -0.3 is 9.47 Å². The number of benzene rings is 2. The lowest BCUT2D eigenvalue weighted by molar-refractivity contribution is -0.274. The molecular formula is C24H27F5O2. The third-order valence-electron chi connectivity index (χ3n) is 5.89. The van der Waals surface area contributed by atoms with Gasteiger partial charge in [-0.25, -0.2) is 0 Å². The van der Waals surface area contributed by atoms with Gasteiger partial charge in [0, 0.05) is 0 Å². The number of rotatable bonds is 8. The SMILES string of the molecule is CCC1CCC(c2ccc(COC(F)(F)Cc3ccc(OC(F)(F)F)cc3)cc2)CC1. The largest absolute Gasteiger partial charge is 0.573 e. The van der Waals surface area contributed by atoms with Crippen LogP contribution in [-0.4, -0.2) is 12.5 Å². The molecule has 0 amide bonds. The summed E-state index contributed by atoms with van der Waals surface area (Å²) in [6.07, 6.45) is -2.97. The van der Waals surface area contributed by atoms with Gasteiger partial charge in [-0.1, -0.05) is 49.7 Å². The number of ether oxygens (including phenoxy) is 2. The molecule has 0 saturated heterocycles. The smallest absolute Gasteiger partial charge is 0.406 e. The molecule has 0 atom stereocenters. The zero-order valence-corrected chi connectivity index (χ0v) is 17.4. The minimum Gasteiger partial charge on any atom is -0.406 e. The van der Waals surface area contributed by atoms with Gasteiger partial charge in [0.15, 0.2) is 0 Å². The van der Waals surface area contributed by atoms with Crippen LogP contribution in [0.15, 0.2) is 48.5 Å². The summed E-state index contributed by atoms with van der Waals surface area (Å²) in [4.78, 5) is 0. The highest BCUT2D eigenvalue weighted by Crippen LogP contribution is 2.37. The van der Waals surface area contributed by atoms with Gasteiger partial charge in [0.1, 0.15) is 5.75 Å². The fraction of sp³-hybridized carbons (Fsp3) is 0.500. The number of hydrogen-bond acceptors (Lipinski definition) is 2. The minimum absolute atomic E-state index is 0.151. The van der Waals surface area contributed by atoms with Crippen molar-refractivity contribution >= 4 is 0 Å². The van der Waals surface area contributed by atoms with E-state index in [1.807, 2.05) is 24.3 Å². The van der Waals surface area contributed by atoms with Crippen molar-refractivity contribution in [1.82, 2.24) is 0 Å². The summed E-state index contributed by atoms with van der Waals surface area (Å²) in [5.41, 5.74) is 2.04. The van der Waals surface area contributed by atoms with Crippen molar-refractivity contribution in [2.45, 2.75) is 70.4 Å². The Kier molecular flexibility index (Phi) is 7.57. The molecular weight excluding hydrogens is 415 g/mol. The molecule has 0 aliphatic heterocycles. The van der Waals surface area contributed by atoms with E-state index in [1.54, 1.807) is 0 Å². The molecule has 0 bridgehead atoms. The van der Waals surface area contributed by atoms with Crippen molar-refractivity contribution in [1.29, 1.82) is 0 Å². The Morgan fingerprint density at radius 2 is 1.39 bits per heavy atom. The Hall–Kier alpha value is -2.15. The number of alkyl halides is 5. The van der Waals surface area contributed by atoms with Crippen LogP contribution < -0.4 is 4.74 Å². The lowest BCUT2D eigenvalue weighted by atomic mass is 9.78. The minimum atomic E-state index is -4.82. The van der Waals surface area contributed by atoms with Crippen LogP contribution >= 0.6 is 0 Å². The Balaban J connectivity index is 1.49. The van der Waals surface area contributed by atoms with E-state index in [0.717, 1.165) is 18.1 Å². The standard InChI is InChI=1S/C24H27F5O2/c1-2-17-3-9-20(10-4-17)21-11-5-19(6-12-21)16-30-23(25,26)15-18-7-13-22(14-8-18)31-24(27,28)29/h5-8,11-14,17,20H,2-4,9-10,15-16H2,1H3. The predicted octanol–water partition coefficient (Wildman–Crippen LogP) is 7.62. The van der Waals surface area contributed by atoms with Crippen molar-refractivity contribution in [3.05, 3.63) is 65.2 Å². The zero-order valence-electron chi connectivity index (χ0n) is 17.4. The third-order valence-corrected chi connectivity index (χ3v) is 5.89. The molecule has 0 spiro atoms. The molecule has 170 valence electrons. The van der Waals surface area contributed by atoms with Crippen LogP contribution in [0.5, 0.6) is 5.75 Å². The first-order chi connectivity index (χ1) is 14.6. The predicted molar refractivity (Wildman–Crippen MR) is 108 cm³/mol. The summed E-state index contributed by atoms with van der Waals surface area (Å²) in [7, 11) is 0. The highest BCUT2D eigenvalue weighted by atomic mass is 19.4. The Labute approximate surface area is 179 Å². The molecule has 1 aliphatic carbocycles. The number of halogens is 5. The summed E-state index contributed by atoms with van der Waals surface area (Å²) in [5.74, 6) is 0.895. The van der Waals surface area contributed by atoms with Crippen LogP contribution in [0.25, 0.3) is 0 Å². The van der Waals surface area contributed by atoms with Gasteiger partial charge in [-0.3, -0.25) is 0 Å². The summed E-state index contributed by atoms with van der Waals surface area (Å²) in [6.45, 7) is 1.98. The maximum Gasteiger partial charge on any atom is 0.573 e. The van der Waals surface area contributed by atoms with E-state index in [9.17, 15) is 22.0 Å². The molecule has 31 heavy (non-hydrogen) atoms. The van der Waals surface area contributed by atoms with Gasteiger partial charge in [-0.05, 0) is 66.3 Å². The average Bonchev–Trinajstić information content (AvgIpc) is 2.73. The molecule has 7 heteroatoms. The second-order valence-corrected chi connectivity index (χ2v) is 8.16. The van der Waals surface area contributed by atoms with Gasteiger partial charge in [-0.15, -0.1) is 13.2 Å². The molecule has 1 aliphatic rings. The van der Waals surface area contributed by atoms with Crippen molar-refractivity contribution < 1.29 is 31.4 Å². The van der Waals surface area contributed by atoms with Crippen LogP contribution in [0, 0.1) is 5.92 Å². The van der Waals surface area contributed by atoms with E-state index in [0.29, 0.717) is 11.5 Å². The van der Waals surface area contributed by atoms with E-state index in [1.165, 1.54) is 49.8 Å². The van der Waals surface area contributed by atoms with Crippen molar-refractivity contribution in [3.63, 3.8) is 0 Å². The van der Waals surface area contributed by atoms with Crippen LogP contribution in [0.3, 0.4) is 0 Å². The summed E-state index contributed by atoms with van der Waals surface area (Å²) < 4.78 is 73.4. The van der Waals surface area contributed by atoms with E-state index in [-0.39, 0.29) is 12.2 Å². The second kappa shape index (κ2) is 9.98. The molecule has 2 aromatic rings.